The first-order chi connectivity index (χ1) is 9.50. The van der Waals surface area contributed by atoms with Crippen molar-refractivity contribution in [1.82, 2.24) is 5.32 Å². The van der Waals surface area contributed by atoms with Crippen LogP contribution in [0.4, 0.5) is 5.69 Å². The predicted octanol–water partition coefficient (Wildman–Crippen LogP) is 1.38. The molecular formula is C15H20N2O3. The van der Waals surface area contributed by atoms with Crippen molar-refractivity contribution in [2.24, 2.45) is 5.41 Å². The van der Waals surface area contributed by atoms with Crippen LogP contribution in [0, 0.1) is 5.41 Å². The second-order valence-corrected chi connectivity index (χ2v) is 6.06. The van der Waals surface area contributed by atoms with Gasteiger partial charge < -0.3 is 20.5 Å². The van der Waals surface area contributed by atoms with Crippen LogP contribution in [0.2, 0.25) is 0 Å². The average Bonchev–Trinajstić information content (AvgIpc) is 2.46. The largest absolute Gasteiger partial charge is 0.489 e. The molecule has 0 spiro atoms. The molecule has 5 heteroatoms. The van der Waals surface area contributed by atoms with Crippen LogP contribution in [0.25, 0.3) is 0 Å². The van der Waals surface area contributed by atoms with E-state index in [1.165, 1.54) is 0 Å². The first kappa shape index (κ1) is 13.2. The van der Waals surface area contributed by atoms with Gasteiger partial charge in [0.15, 0.2) is 5.75 Å². The SMILES string of the molecule is CC1(C)C(O)CC1NC(=O)c1cccc2c1OCCN2. The number of anilines is 1. The number of nitrogens with one attached hydrogen (secondary N) is 2. The van der Waals surface area contributed by atoms with Crippen molar-refractivity contribution in [1.29, 1.82) is 0 Å². The smallest absolute Gasteiger partial charge is 0.255 e. The third-order valence-corrected chi connectivity index (χ3v) is 4.44. The lowest BCUT2D eigenvalue weighted by Crippen LogP contribution is -2.61. The Balaban J connectivity index is 1.78. The predicted molar refractivity (Wildman–Crippen MR) is 76.1 cm³/mol. The maximum atomic E-state index is 12.4. The van der Waals surface area contributed by atoms with Gasteiger partial charge in [-0.05, 0) is 18.6 Å². The molecule has 1 amide bonds. The Kier molecular flexibility index (Phi) is 3.09. The van der Waals surface area contributed by atoms with Crippen molar-refractivity contribution in [3.8, 4) is 5.75 Å². The van der Waals surface area contributed by atoms with Gasteiger partial charge in [0.05, 0.1) is 17.4 Å². The Labute approximate surface area is 118 Å². The summed E-state index contributed by atoms with van der Waals surface area (Å²) in [5.74, 6) is 0.476. The lowest BCUT2D eigenvalue weighted by Gasteiger charge is -2.49. The van der Waals surface area contributed by atoms with Gasteiger partial charge in [-0.3, -0.25) is 4.79 Å². The molecule has 1 aromatic rings. The van der Waals surface area contributed by atoms with Crippen LogP contribution in [0.1, 0.15) is 30.6 Å². The number of hydrogen-bond donors (Lipinski definition) is 3. The lowest BCUT2D eigenvalue weighted by molar-refractivity contribution is -0.0689. The molecule has 20 heavy (non-hydrogen) atoms. The standard InChI is InChI=1S/C15H20N2O3/c1-15(2)11(8-12(15)18)17-14(19)9-4-3-5-10-13(9)20-7-6-16-10/h3-5,11-12,16,18H,6-8H2,1-2H3,(H,17,19). The van der Waals surface area contributed by atoms with Gasteiger partial charge in [-0.25, -0.2) is 0 Å². The second kappa shape index (κ2) is 4.66. The molecule has 5 nitrogen and oxygen atoms in total. The lowest BCUT2D eigenvalue weighted by atomic mass is 9.64. The summed E-state index contributed by atoms with van der Waals surface area (Å²) in [4.78, 5) is 12.4. The Morgan fingerprint density at radius 3 is 3.00 bits per heavy atom. The summed E-state index contributed by atoms with van der Waals surface area (Å²) in [6.45, 7) is 5.24. The highest BCUT2D eigenvalue weighted by atomic mass is 16.5. The van der Waals surface area contributed by atoms with Crippen LogP contribution < -0.4 is 15.4 Å². The van der Waals surface area contributed by atoms with E-state index in [9.17, 15) is 9.90 Å². The molecule has 1 saturated carbocycles. The molecule has 1 aliphatic heterocycles. The third-order valence-electron chi connectivity index (χ3n) is 4.44. The van der Waals surface area contributed by atoms with Crippen molar-refractivity contribution in [3.05, 3.63) is 23.8 Å². The number of aliphatic hydroxyl groups is 1. The maximum Gasteiger partial charge on any atom is 0.255 e. The zero-order valence-corrected chi connectivity index (χ0v) is 11.8. The van der Waals surface area contributed by atoms with Gasteiger partial charge in [-0.15, -0.1) is 0 Å². The number of fused-ring (bicyclic) bond motifs is 1. The van der Waals surface area contributed by atoms with E-state index in [4.69, 9.17) is 4.74 Å². The van der Waals surface area contributed by atoms with Crippen LogP contribution in [-0.2, 0) is 0 Å². The van der Waals surface area contributed by atoms with E-state index in [0.717, 1.165) is 12.2 Å². The van der Waals surface area contributed by atoms with Crippen LogP contribution in [0.15, 0.2) is 18.2 Å². The van der Waals surface area contributed by atoms with E-state index in [0.29, 0.717) is 24.3 Å². The topological polar surface area (TPSA) is 70.6 Å². The van der Waals surface area contributed by atoms with Crippen molar-refractivity contribution in [2.75, 3.05) is 18.5 Å². The van der Waals surface area contributed by atoms with Gasteiger partial charge in [0.2, 0.25) is 0 Å². The number of benzene rings is 1. The zero-order valence-electron chi connectivity index (χ0n) is 11.8. The van der Waals surface area contributed by atoms with E-state index >= 15 is 0 Å². The number of carbonyl (C=O) groups excluding carboxylic acids is 1. The summed E-state index contributed by atoms with van der Waals surface area (Å²) >= 11 is 0. The van der Waals surface area contributed by atoms with Crippen LogP contribution in [-0.4, -0.2) is 36.3 Å². The van der Waals surface area contributed by atoms with Gasteiger partial charge in [0.1, 0.15) is 6.61 Å². The van der Waals surface area contributed by atoms with Gasteiger partial charge in [-0.1, -0.05) is 19.9 Å². The second-order valence-electron chi connectivity index (χ2n) is 6.06. The van der Waals surface area contributed by atoms with Crippen molar-refractivity contribution < 1.29 is 14.6 Å². The minimum absolute atomic E-state index is 0.00240. The highest BCUT2D eigenvalue weighted by Crippen LogP contribution is 2.41. The fourth-order valence-electron chi connectivity index (χ4n) is 2.73. The molecule has 0 saturated heterocycles. The summed E-state index contributed by atoms with van der Waals surface area (Å²) in [5.41, 5.74) is 1.13. The molecule has 1 heterocycles. The summed E-state index contributed by atoms with van der Waals surface area (Å²) in [5, 5.41) is 15.9. The Hall–Kier alpha value is -1.75. The average molecular weight is 276 g/mol. The first-order valence-electron chi connectivity index (χ1n) is 6.99. The van der Waals surface area contributed by atoms with Crippen molar-refractivity contribution in [3.63, 3.8) is 0 Å². The van der Waals surface area contributed by atoms with Gasteiger partial charge in [0, 0.05) is 18.0 Å². The molecule has 0 bridgehead atoms. The number of rotatable bonds is 2. The number of aliphatic hydroxyl groups excluding tert-OH is 1. The van der Waals surface area contributed by atoms with Gasteiger partial charge >= 0.3 is 0 Å². The summed E-state index contributed by atoms with van der Waals surface area (Å²) in [6.07, 6.45) is 0.253. The van der Waals surface area contributed by atoms with E-state index in [-0.39, 0.29) is 23.5 Å². The fraction of sp³-hybridized carbons (Fsp3) is 0.533. The molecule has 2 unspecified atom stereocenters. The van der Waals surface area contributed by atoms with Crippen LogP contribution in [0.3, 0.4) is 0 Å². The van der Waals surface area contributed by atoms with E-state index in [2.05, 4.69) is 10.6 Å². The molecule has 2 aliphatic rings. The van der Waals surface area contributed by atoms with Gasteiger partial charge in [-0.2, -0.15) is 0 Å². The molecule has 3 N–H and O–H groups in total. The van der Waals surface area contributed by atoms with Crippen LogP contribution >= 0.6 is 0 Å². The highest BCUT2D eigenvalue weighted by Gasteiger charge is 2.48. The number of amides is 1. The third kappa shape index (κ3) is 2.02. The zero-order chi connectivity index (χ0) is 14.3. The quantitative estimate of drug-likeness (QED) is 0.763. The molecule has 0 aromatic heterocycles. The van der Waals surface area contributed by atoms with E-state index < -0.39 is 0 Å². The highest BCUT2D eigenvalue weighted by molar-refractivity contribution is 5.99. The molecule has 2 atom stereocenters. The fourth-order valence-corrected chi connectivity index (χ4v) is 2.73. The van der Waals surface area contributed by atoms with Crippen molar-refractivity contribution in [2.45, 2.75) is 32.4 Å². The van der Waals surface area contributed by atoms with E-state index in [1.807, 2.05) is 26.0 Å². The molecule has 1 aliphatic carbocycles. The normalized spacial score (nSPS) is 26.6. The summed E-state index contributed by atoms with van der Waals surface area (Å²) < 4.78 is 5.61. The molecule has 108 valence electrons. The first-order valence-corrected chi connectivity index (χ1v) is 6.99. The van der Waals surface area contributed by atoms with Crippen LogP contribution in [0.5, 0.6) is 5.75 Å². The minimum atomic E-state index is -0.351. The summed E-state index contributed by atoms with van der Waals surface area (Å²) in [6, 6.07) is 5.51. The number of ether oxygens (including phenoxy) is 1. The Morgan fingerprint density at radius 2 is 2.30 bits per heavy atom. The Morgan fingerprint density at radius 1 is 1.50 bits per heavy atom. The monoisotopic (exact) mass is 276 g/mol. The van der Waals surface area contributed by atoms with E-state index in [1.54, 1.807) is 6.07 Å². The number of carbonyl (C=O) groups is 1. The van der Waals surface area contributed by atoms with Crippen molar-refractivity contribution >= 4 is 11.6 Å². The summed E-state index contributed by atoms with van der Waals surface area (Å²) in [7, 11) is 0. The van der Waals surface area contributed by atoms with Gasteiger partial charge in [0.25, 0.3) is 5.91 Å². The minimum Gasteiger partial charge on any atom is -0.489 e. The molecule has 3 rings (SSSR count). The molecule has 1 fully saturated rings. The maximum absolute atomic E-state index is 12.4. The number of para-hydroxylation sites is 1. The number of hydrogen-bond acceptors (Lipinski definition) is 4. The molecular weight excluding hydrogens is 256 g/mol. The molecule has 1 aromatic carbocycles. The Bertz CT molecular complexity index is 542. The molecule has 0 radical (unpaired) electrons.